The number of halogens is 1. The van der Waals surface area contributed by atoms with Gasteiger partial charge in [-0.05, 0) is 18.8 Å². The molecule has 2 atom stereocenters. The lowest BCUT2D eigenvalue weighted by Gasteiger charge is -2.09. The average molecular weight is 207 g/mol. The third kappa shape index (κ3) is 6.60. The van der Waals surface area contributed by atoms with E-state index in [0.29, 0.717) is 4.83 Å². The minimum absolute atomic E-state index is 0.701. The Kier molecular flexibility index (Phi) is 6.50. The molecule has 10 heavy (non-hydrogen) atoms. The topological polar surface area (TPSA) is 0 Å². The van der Waals surface area contributed by atoms with Gasteiger partial charge in [0.2, 0.25) is 0 Å². The Labute approximate surface area is 73.5 Å². The average Bonchev–Trinajstić information content (AvgIpc) is 1.85. The van der Waals surface area contributed by atoms with Crippen molar-refractivity contribution in [1.29, 1.82) is 0 Å². The van der Waals surface area contributed by atoms with Crippen LogP contribution in [-0.4, -0.2) is 4.83 Å². The van der Waals surface area contributed by atoms with Gasteiger partial charge in [0.15, 0.2) is 0 Å². The van der Waals surface area contributed by atoms with E-state index in [1.807, 2.05) is 0 Å². The van der Waals surface area contributed by atoms with Gasteiger partial charge >= 0.3 is 0 Å². The van der Waals surface area contributed by atoms with Gasteiger partial charge in [0, 0.05) is 4.83 Å². The Balaban J connectivity index is 3.12. The van der Waals surface area contributed by atoms with Gasteiger partial charge < -0.3 is 0 Å². The summed E-state index contributed by atoms with van der Waals surface area (Å²) < 4.78 is 0. The molecule has 0 N–H and O–H groups in total. The van der Waals surface area contributed by atoms with Gasteiger partial charge in [0.1, 0.15) is 0 Å². The first-order chi connectivity index (χ1) is 4.66. The Morgan fingerprint density at radius 3 is 2.10 bits per heavy atom. The summed E-state index contributed by atoms with van der Waals surface area (Å²) in [6.07, 6.45) is 5.42. The van der Waals surface area contributed by atoms with Gasteiger partial charge in [-0.3, -0.25) is 0 Å². The molecule has 0 bridgehead atoms. The summed E-state index contributed by atoms with van der Waals surface area (Å²) >= 11 is 3.55. The van der Waals surface area contributed by atoms with Crippen molar-refractivity contribution in [3.8, 4) is 0 Å². The maximum Gasteiger partial charge on any atom is 0.0117 e. The van der Waals surface area contributed by atoms with Crippen molar-refractivity contribution in [1.82, 2.24) is 0 Å². The highest BCUT2D eigenvalue weighted by molar-refractivity contribution is 9.09. The fourth-order valence-electron chi connectivity index (χ4n) is 1.15. The van der Waals surface area contributed by atoms with Crippen LogP contribution in [0.3, 0.4) is 0 Å². The zero-order valence-electron chi connectivity index (χ0n) is 7.36. The predicted molar refractivity (Wildman–Crippen MR) is 51.7 cm³/mol. The van der Waals surface area contributed by atoms with Crippen LogP contribution in [0.1, 0.15) is 46.5 Å². The molecule has 0 amide bonds. The van der Waals surface area contributed by atoms with E-state index < -0.39 is 0 Å². The lowest BCUT2D eigenvalue weighted by Crippen LogP contribution is -1.98. The van der Waals surface area contributed by atoms with E-state index in [1.165, 1.54) is 25.7 Å². The molecule has 0 aromatic heterocycles. The molecule has 0 heterocycles. The van der Waals surface area contributed by atoms with Crippen LogP contribution in [-0.2, 0) is 0 Å². The molecule has 0 saturated carbocycles. The molecule has 0 aliphatic rings. The van der Waals surface area contributed by atoms with Crippen LogP contribution in [0.25, 0.3) is 0 Å². The maximum atomic E-state index is 3.55. The molecule has 0 nitrogen and oxygen atoms in total. The van der Waals surface area contributed by atoms with E-state index in [2.05, 4.69) is 36.7 Å². The molecule has 0 aromatic carbocycles. The first-order valence-corrected chi connectivity index (χ1v) is 5.22. The molecule has 0 aliphatic carbocycles. The molecule has 0 radical (unpaired) electrons. The van der Waals surface area contributed by atoms with Crippen LogP contribution in [0.15, 0.2) is 0 Å². The highest BCUT2D eigenvalue weighted by Gasteiger charge is 2.02. The quantitative estimate of drug-likeness (QED) is 0.598. The number of hydrogen-bond acceptors (Lipinski definition) is 0. The van der Waals surface area contributed by atoms with Crippen molar-refractivity contribution in [3.63, 3.8) is 0 Å². The molecule has 0 spiro atoms. The van der Waals surface area contributed by atoms with E-state index in [9.17, 15) is 0 Å². The minimum atomic E-state index is 0.701. The summed E-state index contributed by atoms with van der Waals surface area (Å²) in [5.74, 6) is 0.921. The predicted octanol–water partition coefficient (Wildman–Crippen LogP) is 3.99. The second kappa shape index (κ2) is 6.21. The van der Waals surface area contributed by atoms with Crippen LogP contribution in [0, 0.1) is 5.92 Å². The molecular weight excluding hydrogens is 188 g/mol. The first-order valence-electron chi connectivity index (χ1n) is 4.30. The molecule has 62 valence electrons. The lowest BCUT2D eigenvalue weighted by molar-refractivity contribution is 0.470. The number of rotatable bonds is 5. The van der Waals surface area contributed by atoms with Crippen LogP contribution in [0.2, 0.25) is 0 Å². The Morgan fingerprint density at radius 2 is 1.70 bits per heavy atom. The van der Waals surface area contributed by atoms with E-state index in [1.54, 1.807) is 0 Å². The van der Waals surface area contributed by atoms with E-state index >= 15 is 0 Å². The third-order valence-electron chi connectivity index (χ3n) is 1.84. The first kappa shape index (κ1) is 10.5. The van der Waals surface area contributed by atoms with E-state index in [0.717, 1.165) is 5.92 Å². The second-order valence-electron chi connectivity index (χ2n) is 3.25. The van der Waals surface area contributed by atoms with Crippen LogP contribution in [0.4, 0.5) is 0 Å². The normalized spacial score (nSPS) is 16.8. The van der Waals surface area contributed by atoms with Crippen molar-refractivity contribution >= 4 is 15.9 Å². The van der Waals surface area contributed by atoms with Crippen molar-refractivity contribution < 1.29 is 0 Å². The van der Waals surface area contributed by atoms with Gasteiger partial charge in [-0.1, -0.05) is 49.5 Å². The van der Waals surface area contributed by atoms with Crippen LogP contribution in [0.5, 0.6) is 0 Å². The maximum absolute atomic E-state index is 3.55. The second-order valence-corrected chi connectivity index (χ2v) is 4.82. The molecule has 1 heteroatoms. The van der Waals surface area contributed by atoms with Gasteiger partial charge in [0.05, 0.1) is 0 Å². The van der Waals surface area contributed by atoms with E-state index in [4.69, 9.17) is 0 Å². The fourth-order valence-corrected chi connectivity index (χ4v) is 1.42. The van der Waals surface area contributed by atoms with Gasteiger partial charge in [-0.15, -0.1) is 0 Å². The number of hydrogen-bond donors (Lipinski definition) is 0. The van der Waals surface area contributed by atoms with Gasteiger partial charge in [0.25, 0.3) is 0 Å². The zero-order valence-corrected chi connectivity index (χ0v) is 8.95. The van der Waals surface area contributed by atoms with E-state index in [-0.39, 0.29) is 0 Å². The Bertz CT molecular complexity index is 69.1. The molecule has 0 saturated heterocycles. The van der Waals surface area contributed by atoms with Gasteiger partial charge in [-0.2, -0.15) is 0 Å². The highest BCUT2D eigenvalue weighted by Crippen LogP contribution is 2.16. The lowest BCUT2D eigenvalue weighted by atomic mass is 10.00. The minimum Gasteiger partial charge on any atom is -0.0894 e. The zero-order chi connectivity index (χ0) is 7.98. The summed E-state index contributed by atoms with van der Waals surface area (Å²) in [6, 6.07) is 0. The Hall–Kier alpha value is 0.480. The van der Waals surface area contributed by atoms with Crippen molar-refractivity contribution in [3.05, 3.63) is 0 Å². The van der Waals surface area contributed by atoms with Crippen molar-refractivity contribution in [2.75, 3.05) is 0 Å². The number of alkyl halides is 1. The monoisotopic (exact) mass is 206 g/mol. The standard InChI is InChI=1S/C9H19Br/c1-4-5-8(2)6-7-9(3)10/h8-9H,4-7H2,1-3H3. The molecular formula is C9H19Br. The van der Waals surface area contributed by atoms with Crippen molar-refractivity contribution in [2.24, 2.45) is 5.92 Å². The summed E-state index contributed by atoms with van der Waals surface area (Å²) in [5.41, 5.74) is 0. The smallest absolute Gasteiger partial charge is 0.0117 e. The fraction of sp³-hybridized carbons (Fsp3) is 1.00. The van der Waals surface area contributed by atoms with Crippen molar-refractivity contribution in [2.45, 2.75) is 51.3 Å². The SMILES string of the molecule is CCCC(C)CCC(C)Br. The summed E-state index contributed by atoms with van der Waals surface area (Å²) in [7, 11) is 0. The van der Waals surface area contributed by atoms with Gasteiger partial charge in [-0.25, -0.2) is 0 Å². The molecule has 0 rings (SSSR count). The summed E-state index contributed by atoms with van der Waals surface area (Å²) in [5, 5.41) is 0. The summed E-state index contributed by atoms with van der Waals surface area (Å²) in [6.45, 7) is 6.83. The highest BCUT2D eigenvalue weighted by atomic mass is 79.9. The van der Waals surface area contributed by atoms with Crippen LogP contribution < -0.4 is 0 Å². The van der Waals surface area contributed by atoms with Crippen LogP contribution >= 0.6 is 15.9 Å². The molecule has 2 unspecified atom stereocenters. The molecule has 0 aliphatic heterocycles. The third-order valence-corrected chi connectivity index (χ3v) is 2.30. The molecule has 0 aromatic rings. The molecule has 0 fully saturated rings. The Morgan fingerprint density at radius 1 is 1.10 bits per heavy atom. The largest absolute Gasteiger partial charge is 0.0894 e. The summed E-state index contributed by atoms with van der Waals surface area (Å²) in [4.78, 5) is 0.701.